The van der Waals surface area contributed by atoms with E-state index in [2.05, 4.69) is 30.5 Å². The van der Waals surface area contributed by atoms with Crippen molar-refractivity contribution in [1.82, 2.24) is 10.2 Å². The molecule has 0 bridgehead atoms. The largest absolute Gasteiger partial charge is 0.366 e. The lowest BCUT2D eigenvalue weighted by atomic mass is 9.99. The molecule has 5 heteroatoms. The van der Waals surface area contributed by atoms with Crippen LogP contribution in [0.2, 0.25) is 0 Å². The van der Waals surface area contributed by atoms with Crippen LogP contribution in [0.25, 0.3) is 0 Å². The van der Waals surface area contributed by atoms with Crippen LogP contribution in [-0.2, 0) is 9.53 Å². The molecule has 1 heterocycles. The predicted molar refractivity (Wildman–Crippen MR) is 108 cm³/mol. The van der Waals surface area contributed by atoms with Gasteiger partial charge >= 0.3 is 0 Å². The molecule has 0 spiro atoms. The molecule has 0 radical (unpaired) electrons. The van der Waals surface area contributed by atoms with E-state index in [1.807, 2.05) is 17.1 Å². The van der Waals surface area contributed by atoms with Crippen molar-refractivity contribution in [3.8, 4) is 6.07 Å². The van der Waals surface area contributed by atoms with Crippen LogP contribution in [-0.4, -0.2) is 49.7 Å². The Labute approximate surface area is 163 Å². The predicted octanol–water partition coefficient (Wildman–Crippen LogP) is 3.50. The fourth-order valence-electron chi connectivity index (χ4n) is 3.47. The summed E-state index contributed by atoms with van der Waals surface area (Å²) in [7, 11) is 0. The van der Waals surface area contributed by atoms with Crippen LogP contribution < -0.4 is 5.32 Å². The van der Waals surface area contributed by atoms with Gasteiger partial charge in [-0.3, -0.25) is 4.79 Å². The highest BCUT2D eigenvalue weighted by Gasteiger charge is 2.26. The summed E-state index contributed by atoms with van der Waals surface area (Å²) in [4.78, 5) is 14.6. The number of allylic oxidation sites excluding steroid dienone is 6. The lowest BCUT2D eigenvalue weighted by Crippen LogP contribution is -2.49. The normalized spacial score (nSPS) is 25.1. The monoisotopic (exact) mass is 371 g/mol. The van der Waals surface area contributed by atoms with E-state index in [4.69, 9.17) is 10.00 Å². The van der Waals surface area contributed by atoms with Gasteiger partial charge in [-0.1, -0.05) is 31.1 Å². The van der Waals surface area contributed by atoms with Crippen LogP contribution in [0.5, 0.6) is 0 Å². The molecule has 27 heavy (non-hydrogen) atoms. The van der Waals surface area contributed by atoms with Gasteiger partial charge in [0.25, 0.3) is 5.91 Å². The summed E-state index contributed by atoms with van der Waals surface area (Å²) >= 11 is 0. The van der Waals surface area contributed by atoms with Crippen molar-refractivity contribution >= 4 is 5.91 Å². The van der Waals surface area contributed by atoms with E-state index in [0.717, 1.165) is 70.2 Å². The summed E-state index contributed by atoms with van der Waals surface area (Å²) in [6.07, 6.45) is 15.1. The zero-order valence-corrected chi connectivity index (χ0v) is 16.6. The van der Waals surface area contributed by atoms with E-state index < -0.39 is 0 Å². The molecule has 1 aliphatic carbocycles. The smallest absolute Gasteiger partial charge is 0.253 e. The topological polar surface area (TPSA) is 65.4 Å². The van der Waals surface area contributed by atoms with E-state index >= 15 is 0 Å². The van der Waals surface area contributed by atoms with Crippen molar-refractivity contribution < 1.29 is 9.53 Å². The van der Waals surface area contributed by atoms with Gasteiger partial charge in [-0.15, -0.1) is 0 Å². The maximum Gasteiger partial charge on any atom is 0.253 e. The fraction of sp³-hybridized carbons (Fsp3) is 0.636. The molecule has 148 valence electrons. The quantitative estimate of drug-likeness (QED) is 0.630. The van der Waals surface area contributed by atoms with Crippen LogP contribution >= 0.6 is 0 Å². The number of hydrogen-bond donors (Lipinski definition) is 1. The van der Waals surface area contributed by atoms with Gasteiger partial charge in [0.1, 0.15) is 6.10 Å². The lowest BCUT2D eigenvalue weighted by molar-refractivity contribution is -0.145. The van der Waals surface area contributed by atoms with E-state index in [1.165, 1.54) is 5.57 Å². The Kier molecular flexibility index (Phi) is 9.89. The molecular formula is C22H33N3O2. The molecule has 1 unspecified atom stereocenters. The van der Waals surface area contributed by atoms with Gasteiger partial charge in [0.2, 0.25) is 0 Å². The van der Waals surface area contributed by atoms with Crippen LogP contribution in [0, 0.1) is 11.3 Å². The number of morpholine rings is 1. The average Bonchev–Trinajstić information content (AvgIpc) is 2.69. The maximum absolute atomic E-state index is 12.6. The summed E-state index contributed by atoms with van der Waals surface area (Å²) in [6, 6.07) is 2.21. The van der Waals surface area contributed by atoms with Crippen molar-refractivity contribution in [2.24, 2.45) is 0 Å². The van der Waals surface area contributed by atoms with Crippen LogP contribution in [0.4, 0.5) is 0 Å². The molecule has 1 saturated heterocycles. The second kappa shape index (κ2) is 12.5. The molecule has 1 fully saturated rings. The minimum absolute atomic E-state index is 0.132. The van der Waals surface area contributed by atoms with Crippen molar-refractivity contribution in [2.45, 2.75) is 58.0 Å². The fourth-order valence-corrected chi connectivity index (χ4v) is 3.47. The molecule has 0 aromatic heterocycles. The molecule has 1 atom stereocenters. The lowest BCUT2D eigenvalue weighted by Gasteiger charge is -2.29. The van der Waals surface area contributed by atoms with Crippen molar-refractivity contribution in [1.29, 1.82) is 5.26 Å². The Morgan fingerprint density at radius 1 is 1.33 bits per heavy atom. The van der Waals surface area contributed by atoms with E-state index in [9.17, 15) is 4.79 Å². The van der Waals surface area contributed by atoms with Gasteiger partial charge in [0, 0.05) is 26.2 Å². The molecule has 0 saturated carbocycles. The molecule has 1 amide bonds. The highest BCUT2D eigenvalue weighted by molar-refractivity contribution is 5.81. The standard InChI is InChI=1S/C22H33N3O2/c1-2-14-25(22(26)21-18-24-13-16-27-21)15-7-3-4-8-19-9-5-6-10-20(17-23)12-11-19/h6,10-12,21,24H,2-5,7-9,13-16,18H2,1H3/b10-6-,19-11-,20-12+. The number of nitrogens with one attached hydrogen (secondary N) is 1. The van der Waals surface area contributed by atoms with E-state index in [-0.39, 0.29) is 12.0 Å². The number of amides is 1. The van der Waals surface area contributed by atoms with E-state index in [1.54, 1.807) is 0 Å². The highest BCUT2D eigenvalue weighted by Crippen LogP contribution is 2.18. The SMILES string of the molecule is CCCN(CCCCC/C1=C/C=C(C#N)\C=C/CC1)C(=O)C1CNCCO1. The van der Waals surface area contributed by atoms with Crippen molar-refractivity contribution in [3.63, 3.8) is 0 Å². The Balaban J connectivity index is 1.72. The molecular weight excluding hydrogens is 338 g/mol. The van der Waals surface area contributed by atoms with Gasteiger partial charge in [-0.2, -0.15) is 5.26 Å². The van der Waals surface area contributed by atoms with Crippen LogP contribution in [0.3, 0.4) is 0 Å². The van der Waals surface area contributed by atoms with Gasteiger partial charge in [-0.25, -0.2) is 0 Å². The van der Waals surface area contributed by atoms with Crippen molar-refractivity contribution in [3.05, 3.63) is 35.5 Å². The summed E-state index contributed by atoms with van der Waals surface area (Å²) in [6.45, 7) is 5.79. The van der Waals surface area contributed by atoms with Gasteiger partial charge in [-0.05, 0) is 50.7 Å². The minimum atomic E-state index is -0.320. The van der Waals surface area contributed by atoms with Crippen LogP contribution in [0.1, 0.15) is 51.9 Å². The number of ether oxygens (including phenoxy) is 1. The second-order valence-electron chi connectivity index (χ2n) is 7.20. The number of carbonyl (C=O) groups excluding carboxylic acids is 1. The summed E-state index contributed by atoms with van der Waals surface area (Å²) in [5.41, 5.74) is 2.13. The average molecular weight is 372 g/mol. The molecule has 1 N–H and O–H groups in total. The van der Waals surface area contributed by atoms with Crippen LogP contribution in [0.15, 0.2) is 35.5 Å². The highest BCUT2D eigenvalue weighted by atomic mass is 16.5. The zero-order valence-electron chi connectivity index (χ0n) is 16.6. The Morgan fingerprint density at radius 2 is 2.22 bits per heavy atom. The Hall–Kier alpha value is -1.90. The molecule has 0 aromatic rings. The van der Waals surface area contributed by atoms with Gasteiger partial charge in [0.15, 0.2) is 0 Å². The van der Waals surface area contributed by atoms with E-state index in [0.29, 0.717) is 13.2 Å². The third-order valence-electron chi connectivity index (χ3n) is 4.99. The molecule has 5 nitrogen and oxygen atoms in total. The second-order valence-corrected chi connectivity index (χ2v) is 7.20. The van der Waals surface area contributed by atoms with Gasteiger partial charge in [0.05, 0.1) is 18.2 Å². The summed E-state index contributed by atoms with van der Waals surface area (Å²) < 4.78 is 5.62. The zero-order chi connectivity index (χ0) is 19.3. The first-order valence-electron chi connectivity index (χ1n) is 10.3. The molecule has 1 aliphatic heterocycles. The maximum atomic E-state index is 12.6. The number of carbonyl (C=O) groups is 1. The third-order valence-corrected chi connectivity index (χ3v) is 4.99. The molecule has 2 aliphatic rings. The summed E-state index contributed by atoms with van der Waals surface area (Å²) in [5, 5.41) is 12.3. The number of rotatable bonds is 9. The summed E-state index contributed by atoms with van der Waals surface area (Å²) in [5.74, 6) is 0.132. The number of nitrogens with zero attached hydrogens (tertiary/aromatic N) is 2. The van der Waals surface area contributed by atoms with Gasteiger partial charge < -0.3 is 15.0 Å². The Bertz CT molecular complexity index is 595. The number of unbranched alkanes of at least 4 members (excludes halogenated alkanes) is 2. The first-order chi connectivity index (χ1) is 13.2. The Morgan fingerprint density at radius 3 is 2.96 bits per heavy atom. The molecule has 0 aromatic carbocycles. The van der Waals surface area contributed by atoms with Crippen molar-refractivity contribution in [2.75, 3.05) is 32.8 Å². The number of hydrogen-bond acceptors (Lipinski definition) is 4. The molecule has 2 rings (SSSR count). The number of nitriles is 1. The minimum Gasteiger partial charge on any atom is -0.366 e. The third kappa shape index (κ3) is 7.70. The first-order valence-corrected chi connectivity index (χ1v) is 10.3. The first kappa shape index (κ1) is 21.4.